The van der Waals surface area contributed by atoms with Crippen molar-refractivity contribution in [3.8, 4) is 5.69 Å². The first-order valence-corrected chi connectivity index (χ1v) is 8.78. The summed E-state index contributed by atoms with van der Waals surface area (Å²) in [5.41, 5.74) is 3.14. The molecule has 1 N–H and O–H groups in total. The van der Waals surface area contributed by atoms with E-state index in [0.29, 0.717) is 11.3 Å². The minimum absolute atomic E-state index is 0.0598. The van der Waals surface area contributed by atoms with Gasteiger partial charge in [0.15, 0.2) is 10.6 Å². The lowest BCUT2D eigenvalue weighted by molar-refractivity contribution is 0.515. The summed E-state index contributed by atoms with van der Waals surface area (Å²) in [4.78, 5) is 0. The molecule has 0 aliphatic rings. The Morgan fingerprint density at radius 3 is 2.69 bits per heavy atom. The van der Waals surface area contributed by atoms with E-state index in [2.05, 4.69) is 39.5 Å². The van der Waals surface area contributed by atoms with Crippen LogP contribution in [0.15, 0.2) is 55.0 Å². The average Bonchev–Trinajstić information content (AvgIpc) is 3.35. The van der Waals surface area contributed by atoms with Gasteiger partial charge >= 0.3 is 0 Å². The molecule has 1 aromatic carbocycles. The van der Waals surface area contributed by atoms with Crippen molar-refractivity contribution in [3.05, 3.63) is 76.8 Å². The monoisotopic (exact) mass is 365 g/mol. The van der Waals surface area contributed by atoms with Crippen molar-refractivity contribution >= 4 is 12.2 Å². The number of hydrogen-bond donors (Lipinski definition) is 1. The Bertz CT molecular complexity index is 1070. The van der Waals surface area contributed by atoms with E-state index in [0.717, 1.165) is 17.2 Å². The molecule has 0 saturated heterocycles. The number of aromatic amines is 1. The summed E-state index contributed by atoms with van der Waals surface area (Å²) in [6.07, 6.45) is 5.57. The van der Waals surface area contributed by atoms with Crippen LogP contribution in [-0.2, 0) is 6.54 Å². The molecule has 3 aromatic heterocycles. The number of benzene rings is 1. The van der Waals surface area contributed by atoms with Crippen molar-refractivity contribution in [2.45, 2.75) is 26.4 Å². The second-order valence-corrected chi connectivity index (χ2v) is 6.58. The molecule has 1 atom stereocenters. The molecule has 0 fully saturated rings. The lowest BCUT2D eigenvalue weighted by Crippen LogP contribution is -2.15. The van der Waals surface area contributed by atoms with Gasteiger partial charge in [-0.25, -0.2) is 0 Å². The summed E-state index contributed by atoms with van der Waals surface area (Å²) in [6, 6.07) is 12.1. The van der Waals surface area contributed by atoms with E-state index < -0.39 is 0 Å². The van der Waals surface area contributed by atoms with Gasteiger partial charge in [-0.1, -0.05) is 30.3 Å². The third kappa shape index (κ3) is 2.99. The second-order valence-electron chi connectivity index (χ2n) is 6.20. The van der Waals surface area contributed by atoms with Crippen molar-refractivity contribution in [2.75, 3.05) is 0 Å². The largest absolute Gasteiger partial charge is 0.267 e. The van der Waals surface area contributed by atoms with Crippen LogP contribution in [0.2, 0.25) is 0 Å². The first-order chi connectivity index (χ1) is 12.6. The van der Waals surface area contributed by atoms with E-state index >= 15 is 0 Å². The molecule has 0 unspecified atom stereocenters. The SMILES string of the molecule is Cc1ccnn1[C@H](C)c1n[nH]c(=S)n1-c1cnn(Cc2ccccc2)c1. The maximum absolute atomic E-state index is 5.45. The van der Waals surface area contributed by atoms with Crippen LogP contribution in [0.1, 0.15) is 30.0 Å². The first kappa shape index (κ1) is 16.5. The number of aryl methyl sites for hydroxylation is 1. The second kappa shape index (κ2) is 6.72. The van der Waals surface area contributed by atoms with E-state index in [9.17, 15) is 0 Å². The number of nitrogens with zero attached hydrogens (tertiary/aromatic N) is 6. The zero-order valence-electron chi connectivity index (χ0n) is 14.6. The molecule has 26 heavy (non-hydrogen) atoms. The molecule has 0 spiro atoms. The highest BCUT2D eigenvalue weighted by molar-refractivity contribution is 7.71. The third-order valence-electron chi connectivity index (χ3n) is 4.37. The van der Waals surface area contributed by atoms with Gasteiger partial charge in [0.2, 0.25) is 0 Å². The van der Waals surface area contributed by atoms with E-state index in [1.165, 1.54) is 5.56 Å². The van der Waals surface area contributed by atoms with Crippen molar-refractivity contribution in [3.63, 3.8) is 0 Å². The third-order valence-corrected chi connectivity index (χ3v) is 4.65. The first-order valence-electron chi connectivity index (χ1n) is 8.37. The fourth-order valence-corrected chi connectivity index (χ4v) is 3.30. The summed E-state index contributed by atoms with van der Waals surface area (Å²) in [7, 11) is 0. The van der Waals surface area contributed by atoms with Crippen molar-refractivity contribution in [2.24, 2.45) is 0 Å². The van der Waals surface area contributed by atoms with Crippen molar-refractivity contribution in [1.82, 2.24) is 34.3 Å². The minimum atomic E-state index is -0.0598. The van der Waals surface area contributed by atoms with Crippen LogP contribution in [0.3, 0.4) is 0 Å². The smallest absolute Gasteiger partial charge is 0.200 e. The Hall–Kier alpha value is -3.00. The molecule has 0 aliphatic heterocycles. The molecule has 132 valence electrons. The maximum atomic E-state index is 5.45. The molecule has 4 rings (SSSR count). The quantitative estimate of drug-likeness (QED) is 0.551. The van der Waals surface area contributed by atoms with Gasteiger partial charge in [0.25, 0.3) is 0 Å². The molecule has 0 saturated carbocycles. The Kier molecular flexibility index (Phi) is 4.26. The van der Waals surface area contributed by atoms with Gasteiger partial charge in [-0.15, -0.1) is 0 Å². The molecular formula is C18H19N7S. The van der Waals surface area contributed by atoms with Gasteiger partial charge < -0.3 is 0 Å². The molecule has 0 bridgehead atoms. The summed E-state index contributed by atoms with van der Waals surface area (Å²) >= 11 is 5.45. The van der Waals surface area contributed by atoms with Crippen molar-refractivity contribution < 1.29 is 0 Å². The molecular weight excluding hydrogens is 346 g/mol. The highest BCUT2D eigenvalue weighted by Gasteiger charge is 2.19. The molecule has 3 heterocycles. The van der Waals surface area contributed by atoms with Crippen molar-refractivity contribution in [1.29, 1.82) is 0 Å². The lowest BCUT2D eigenvalue weighted by atomic mass is 10.2. The molecule has 0 radical (unpaired) electrons. The molecule has 8 heteroatoms. The van der Waals surface area contributed by atoms with Crippen LogP contribution in [0.25, 0.3) is 5.69 Å². The number of hydrogen-bond acceptors (Lipinski definition) is 4. The van der Waals surface area contributed by atoms with Gasteiger partial charge in [-0.2, -0.15) is 15.3 Å². The topological polar surface area (TPSA) is 69.2 Å². The zero-order chi connectivity index (χ0) is 18.1. The number of nitrogens with one attached hydrogen (secondary N) is 1. The van der Waals surface area contributed by atoms with Gasteiger partial charge in [0.1, 0.15) is 6.04 Å². The Morgan fingerprint density at radius 2 is 1.96 bits per heavy atom. The van der Waals surface area contributed by atoms with Crippen LogP contribution in [0, 0.1) is 11.7 Å². The average molecular weight is 365 g/mol. The molecule has 0 aliphatic carbocycles. The Morgan fingerprint density at radius 1 is 1.15 bits per heavy atom. The summed E-state index contributed by atoms with van der Waals surface area (Å²) < 4.78 is 6.27. The van der Waals surface area contributed by atoms with Gasteiger partial charge in [-0.3, -0.25) is 19.0 Å². The standard InChI is InChI=1S/C18H19N7S/c1-13-8-9-19-25(13)14(2)17-21-22-18(26)24(17)16-10-20-23(12-16)11-15-6-4-3-5-7-15/h3-10,12,14H,11H2,1-2H3,(H,22,26)/t14-/m1/s1. The molecule has 7 nitrogen and oxygen atoms in total. The van der Waals surface area contributed by atoms with Crippen LogP contribution in [0.5, 0.6) is 0 Å². The zero-order valence-corrected chi connectivity index (χ0v) is 15.4. The fraction of sp³-hybridized carbons (Fsp3) is 0.222. The Balaban J connectivity index is 1.68. The minimum Gasteiger partial charge on any atom is -0.267 e. The highest BCUT2D eigenvalue weighted by Crippen LogP contribution is 2.20. The fourth-order valence-electron chi connectivity index (χ4n) is 3.06. The molecule has 4 aromatic rings. The van der Waals surface area contributed by atoms with E-state index in [1.807, 2.05) is 51.3 Å². The summed E-state index contributed by atoms with van der Waals surface area (Å²) in [5, 5.41) is 16.2. The highest BCUT2D eigenvalue weighted by atomic mass is 32.1. The van der Waals surface area contributed by atoms with E-state index in [1.54, 1.807) is 12.4 Å². The predicted octanol–water partition coefficient (Wildman–Crippen LogP) is 3.29. The number of rotatable bonds is 5. The maximum Gasteiger partial charge on any atom is 0.200 e. The van der Waals surface area contributed by atoms with Crippen LogP contribution in [-0.4, -0.2) is 34.3 Å². The van der Waals surface area contributed by atoms with Crippen LogP contribution < -0.4 is 0 Å². The summed E-state index contributed by atoms with van der Waals surface area (Å²) in [6.45, 7) is 4.78. The normalized spacial score (nSPS) is 12.4. The lowest BCUT2D eigenvalue weighted by Gasteiger charge is -2.14. The number of H-pyrrole nitrogens is 1. The molecule has 0 amide bonds. The predicted molar refractivity (Wildman–Crippen MR) is 101 cm³/mol. The Labute approximate surface area is 155 Å². The van der Waals surface area contributed by atoms with Crippen LogP contribution >= 0.6 is 12.2 Å². The van der Waals surface area contributed by atoms with E-state index in [4.69, 9.17) is 12.2 Å². The number of aromatic nitrogens is 7. The van der Waals surface area contributed by atoms with Crippen LogP contribution in [0.4, 0.5) is 0 Å². The van der Waals surface area contributed by atoms with Gasteiger partial charge in [0.05, 0.1) is 18.4 Å². The van der Waals surface area contributed by atoms with Gasteiger partial charge in [0, 0.05) is 18.1 Å². The van der Waals surface area contributed by atoms with Gasteiger partial charge in [-0.05, 0) is 37.7 Å². The van der Waals surface area contributed by atoms with E-state index in [-0.39, 0.29) is 6.04 Å². The summed E-state index contributed by atoms with van der Waals surface area (Å²) in [5.74, 6) is 0.793.